The quantitative estimate of drug-likeness (QED) is 0.701. The second-order valence-electron chi connectivity index (χ2n) is 7.02. The molecule has 138 valence electrons. The van der Waals surface area contributed by atoms with Crippen molar-refractivity contribution in [1.29, 1.82) is 0 Å². The normalized spacial score (nSPS) is 16.9. The van der Waals surface area contributed by atoms with Gasteiger partial charge in [-0.25, -0.2) is 4.39 Å². The van der Waals surface area contributed by atoms with E-state index in [0.717, 1.165) is 11.1 Å². The van der Waals surface area contributed by atoms with E-state index in [-0.39, 0.29) is 24.2 Å². The van der Waals surface area contributed by atoms with Crippen LogP contribution in [0.4, 0.5) is 4.39 Å². The third kappa shape index (κ3) is 3.47. The van der Waals surface area contributed by atoms with Crippen LogP contribution in [0.15, 0.2) is 47.0 Å². The van der Waals surface area contributed by atoms with E-state index in [1.54, 1.807) is 23.1 Å². The Bertz CT molecular complexity index is 999. The van der Waals surface area contributed by atoms with Gasteiger partial charge in [-0.1, -0.05) is 35.5 Å². The van der Waals surface area contributed by atoms with Gasteiger partial charge in [0.1, 0.15) is 5.82 Å². The topological polar surface area (TPSA) is 59.2 Å². The lowest BCUT2D eigenvalue weighted by Gasteiger charge is -2.16. The van der Waals surface area contributed by atoms with Gasteiger partial charge < -0.3 is 9.42 Å². The van der Waals surface area contributed by atoms with Crippen molar-refractivity contribution in [2.75, 3.05) is 6.54 Å². The van der Waals surface area contributed by atoms with Crippen LogP contribution in [0.1, 0.15) is 34.9 Å². The molecule has 0 bridgehead atoms. The van der Waals surface area contributed by atoms with Crippen molar-refractivity contribution in [3.8, 4) is 11.4 Å². The zero-order valence-corrected chi connectivity index (χ0v) is 15.3. The lowest BCUT2D eigenvalue weighted by atomic mass is 10.1. The second-order valence-corrected chi connectivity index (χ2v) is 7.02. The molecule has 3 aromatic rings. The summed E-state index contributed by atoms with van der Waals surface area (Å²) in [7, 11) is 0. The zero-order chi connectivity index (χ0) is 19.0. The van der Waals surface area contributed by atoms with Gasteiger partial charge in [-0.3, -0.25) is 4.79 Å². The van der Waals surface area contributed by atoms with Crippen LogP contribution in [-0.2, 0) is 11.3 Å². The summed E-state index contributed by atoms with van der Waals surface area (Å²) in [5.41, 5.74) is 3.76. The maximum Gasteiger partial charge on any atom is 0.232 e. The number of carbonyl (C=O) groups is 1. The van der Waals surface area contributed by atoms with E-state index in [1.807, 2.05) is 25.1 Å². The number of likely N-dealkylation sites (tertiary alicyclic amines) is 1. The maximum atomic E-state index is 13.9. The number of aryl methyl sites for hydroxylation is 2. The van der Waals surface area contributed by atoms with Crippen molar-refractivity contribution in [3.63, 3.8) is 0 Å². The van der Waals surface area contributed by atoms with Crippen LogP contribution in [0, 0.1) is 19.7 Å². The highest BCUT2D eigenvalue weighted by atomic mass is 19.1. The Morgan fingerprint density at radius 2 is 2.00 bits per heavy atom. The van der Waals surface area contributed by atoms with E-state index in [4.69, 9.17) is 4.52 Å². The van der Waals surface area contributed by atoms with Crippen molar-refractivity contribution >= 4 is 5.91 Å². The fraction of sp³-hybridized carbons (Fsp3) is 0.286. The van der Waals surface area contributed by atoms with Gasteiger partial charge in [0, 0.05) is 30.6 Å². The first-order valence-corrected chi connectivity index (χ1v) is 8.93. The Hall–Kier alpha value is -3.02. The van der Waals surface area contributed by atoms with Gasteiger partial charge in [0.2, 0.25) is 17.6 Å². The molecule has 0 saturated carbocycles. The van der Waals surface area contributed by atoms with Crippen molar-refractivity contribution in [3.05, 3.63) is 70.9 Å². The number of halogens is 1. The first kappa shape index (κ1) is 17.4. The van der Waals surface area contributed by atoms with E-state index in [1.165, 1.54) is 11.6 Å². The highest BCUT2D eigenvalue weighted by Crippen LogP contribution is 2.30. The van der Waals surface area contributed by atoms with Crippen LogP contribution in [0.2, 0.25) is 0 Å². The highest BCUT2D eigenvalue weighted by molar-refractivity contribution is 5.79. The number of amides is 1. The second kappa shape index (κ2) is 6.95. The minimum absolute atomic E-state index is 0.0332. The number of rotatable bonds is 4. The number of hydrogen-bond acceptors (Lipinski definition) is 4. The maximum absolute atomic E-state index is 13.9. The Kier molecular flexibility index (Phi) is 4.48. The standard InChI is InChI=1S/C21H20FN3O2/c1-13-7-8-15(9-14(13)2)20-23-21(27-24-20)17-10-19(26)25(12-17)11-16-5-3-4-6-18(16)22/h3-9,17H,10-12H2,1-2H3. The smallest absolute Gasteiger partial charge is 0.232 e. The molecule has 5 nitrogen and oxygen atoms in total. The molecule has 2 heterocycles. The van der Waals surface area contributed by atoms with Gasteiger partial charge in [-0.15, -0.1) is 0 Å². The Labute approximate surface area is 156 Å². The minimum Gasteiger partial charge on any atom is -0.339 e. The Balaban J connectivity index is 1.50. The van der Waals surface area contributed by atoms with Gasteiger partial charge in [0.25, 0.3) is 0 Å². The van der Waals surface area contributed by atoms with Crippen molar-refractivity contribution in [2.24, 2.45) is 0 Å². The third-order valence-corrected chi connectivity index (χ3v) is 5.09. The molecule has 0 N–H and O–H groups in total. The average molecular weight is 365 g/mol. The molecule has 0 spiro atoms. The molecule has 6 heteroatoms. The summed E-state index contributed by atoms with van der Waals surface area (Å²) in [6, 6.07) is 12.5. The van der Waals surface area contributed by atoms with Crippen LogP contribution in [0.5, 0.6) is 0 Å². The molecule has 1 atom stereocenters. The fourth-order valence-corrected chi connectivity index (χ4v) is 3.32. The molecule has 1 aliphatic heterocycles. The molecule has 27 heavy (non-hydrogen) atoms. The van der Waals surface area contributed by atoms with E-state index in [0.29, 0.717) is 30.2 Å². The predicted octanol–water partition coefficient (Wildman–Crippen LogP) is 4.01. The lowest BCUT2D eigenvalue weighted by molar-refractivity contribution is -0.128. The van der Waals surface area contributed by atoms with Crippen LogP contribution >= 0.6 is 0 Å². The molecule has 2 aromatic carbocycles. The minimum atomic E-state index is -0.302. The summed E-state index contributed by atoms with van der Waals surface area (Å²) >= 11 is 0. The summed E-state index contributed by atoms with van der Waals surface area (Å²) in [5, 5.41) is 4.07. The molecule has 1 saturated heterocycles. The Morgan fingerprint density at radius 3 is 2.78 bits per heavy atom. The molecule has 1 aliphatic rings. The van der Waals surface area contributed by atoms with Crippen LogP contribution in [0.3, 0.4) is 0 Å². The summed E-state index contributed by atoms with van der Waals surface area (Å²) < 4.78 is 19.3. The molecule has 1 unspecified atom stereocenters. The molecular weight excluding hydrogens is 345 g/mol. The van der Waals surface area contributed by atoms with E-state index < -0.39 is 0 Å². The largest absolute Gasteiger partial charge is 0.339 e. The Morgan fingerprint density at radius 1 is 1.19 bits per heavy atom. The van der Waals surface area contributed by atoms with E-state index >= 15 is 0 Å². The molecule has 1 aromatic heterocycles. The third-order valence-electron chi connectivity index (χ3n) is 5.09. The lowest BCUT2D eigenvalue weighted by Crippen LogP contribution is -2.24. The number of nitrogens with zero attached hydrogens (tertiary/aromatic N) is 3. The first-order chi connectivity index (χ1) is 13.0. The van der Waals surface area contributed by atoms with Gasteiger partial charge in [0.15, 0.2) is 0 Å². The summed E-state index contributed by atoms with van der Waals surface area (Å²) in [5.74, 6) is 0.468. The van der Waals surface area contributed by atoms with Gasteiger partial charge in [-0.05, 0) is 37.1 Å². The van der Waals surface area contributed by atoms with Gasteiger partial charge in [0.05, 0.1) is 5.92 Å². The van der Waals surface area contributed by atoms with Crippen molar-refractivity contribution in [2.45, 2.75) is 32.7 Å². The predicted molar refractivity (Wildman–Crippen MR) is 98.4 cm³/mol. The van der Waals surface area contributed by atoms with Crippen LogP contribution in [0.25, 0.3) is 11.4 Å². The van der Waals surface area contributed by atoms with E-state index in [2.05, 4.69) is 17.1 Å². The zero-order valence-electron chi connectivity index (χ0n) is 15.3. The van der Waals surface area contributed by atoms with Gasteiger partial charge in [-0.2, -0.15) is 4.98 Å². The number of carbonyl (C=O) groups excluding carboxylic acids is 1. The highest BCUT2D eigenvalue weighted by Gasteiger charge is 2.34. The molecular formula is C21H20FN3O2. The van der Waals surface area contributed by atoms with Crippen molar-refractivity contribution in [1.82, 2.24) is 15.0 Å². The molecule has 4 rings (SSSR count). The van der Waals surface area contributed by atoms with Crippen LogP contribution in [-0.4, -0.2) is 27.5 Å². The summed E-state index contributed by atoms with van der Waals surface area (Å²) in [6.45, 7) is 4.78. The summed E-state index contributed by atoms with van der Waals surface area (Å²) in [4.78, 5) is 18.5. The van der Waals surface area contributed by atoms with Crippen molar-refractivity contribution < 1.29 is 13.7 Å². The van der Waals surface area contributed by atoms with E-state index in [9.17, 15) is 9.18 Å². The van der Waals surface area contributed by atoms with Crippen LogP contribution < -0.4 is 0 Å². The molecule has 1 fully saturated rings. The number of aromatic nitrogens is 2. The summed E-state index contributed by atoms with van der Waals surface area (Å²) in [6.07, 6.45) is 0.295. The molecule has 0 radical (unpaired) electrons. The average Bonchev–Trinajstić information content (AvgIpc) is 3.27. The van der Waals surface area contributed by atoms with Gasteiger partial charge >= 0.3 is 0 Å². The monoisotopic (exact) mass is 365 g/mol. The number of benzene rings is 2. The number of hydrogen-bond donors (Lipinski definition) is 0. The SMILES string of the molecule is Cc1ccc(-c2noc(C3CC(=O)N(Cc4ccccc4F)C3)n2)cc1C. The fourth-order valence-electron chi connectivity index (χ4n) is 3.32. The first-order valence-electron chi connectivity index (χ1n) is 8.93. The molecule has 0 aliphatic carbocycles. The molecule has 1 amide bonds.